The molecule has 0 rings (SSSR count). The number of hydrogen-bond donors (Lipinski definition) is 1. The predicted octanol–water partition coefficient (Wildman–Crippen LogP) is 3.25. The van der Waals surface area contributed by atoms with E-state index >= 15 is 0 Å². The molecule has 0 aliphatic carbocycles. The van der Waals surface area contributed by atoms with Crippen molar-refractivity contribution in [1.29, 1.82) is 0 Å². The third-order valence-corrected chi connectivity index (χ3v) is 2.03. The van der Waals surface area contributed by atoms with E-state index in [0.717, 1.165) is 0 Å². The van der Waals surface area contributed by atoms with Crippen molar-refractivity contribution in [2.75, 3.05) is 6.54 Å². The molecule has 0 fully saturated rings. The molecule has 0 atom stereocenters. The minimum atomic E-state index is 0.690. The van der Waals surface area contributed by atoms with Gasteiger partial charge in [-0.2, -0.15) is 0 Å². The molecule has 0 saturated heterocycles. The summed E-state index contributed by atoms with van der Waals surface area (Å²) in [5.74, 6) is 0. The van der Waals surface area contributed by atoms with Gasteiger partial charge in [-0.1, -0.05) is 51.2 Å². The van der Waals surface area contributed by atoms with E-state index in [1.165, 1.54) is 44.9 Å². The summed E-state index contributed by atoms with van der Waals surface area (Å²) in [5, 5.41) is 0. The van der Waals surface area contributed by atoms with Crippen LogP contribution in [0.3, 0.4) is 0 Å². The first kappa shape index (κ1) is 11.7. The van der Waals surface area contributed by atoms with Gasteiger partial charge in [0.05, 0.1) is 0 Å². The Hall–Kier alpha value is -0.300. The maximum Gasteiger partial charge on any atom is 0.0106 e. The monoisotopic (exact) mass is 169 g/mol. The lowest BCUT2D eigenvalue weighted by Gasteiger charge is -1.97. The van der Waals surface area contributed by atoms with Crippen LogP contribution in [-0.4, -0.2) is 6.54 Å². The average Bonchev–Trinajstić information content (AvgIpc) is 2.10. The third-order valence-electron chi connectivity index (χ3n) is 2.03. The van der Waals surface area contributed by atoms with Crippen molar-refractivity contribution >= 4 is 0 Å². The second-order valence-corrected chi connectivity index (χ2v) is 3.26. The minimum Gasteiger partial charge on any atom is -0.327 e. The summed E-state index contributed by atoms with van der Waals surface area (Å²) in [6.45, 7) is 2.94. The Morgan fingerprint density at radius 1 is 0.917 bits per heavy atom. The Bertz CT molecular complexity index is 97.2. The fraction of sp³-hybridized carbons (Fsp3) is 0.818. The van der Waals surface area contributed by atoms with Crippen molar-refractivity contribution in [2.45, 2.75) is 51.9 Å². The van der Waals surface area contributed by atoms with Gasteiger partial charge in [0.15, 0.2) is 0 Å². The molecule has 0 saturated carbocycles. The van der Waals surface area contributed by atoms with Crippen LogP contribution in [0.15, 0.2) is 12.2 Å². The first-order valence-electron chi connectivity index (χ1n) is 5.27. The summed E-state index contributed by atoms with van der Waals surface area (Å²) in [7, 11) is 0. The Labute approximate surface area is 77.0 Å². The van der Waals surface area contributed by atoms with E-state index in [-0.39, 0.29) is 0 Å². The van der Waals surface area contributed by atoms with Gasteiger partial charge in [0.2, 0.25) is 0 Å². The Morgan fingerprint density at radius 3 is 2.25 bits per heavy atom. The highest BCUT2D eigenvalue weighted by atomic mass is 14.5. The van der Waals surface area contributed by atoms with Crippen LogP contribution in [0.1, 0.15) is 51.9 Å². The molecule has 0 aromatic carbocycles. The molecule has 1 heteroatoms. The van der Waals surface area contributed by atoms with E-state index in [2.05, 4.69) is 13.0 Å². The summed E-state index contributed by atoms with van der Waals surface area (Å²) < 4.78 is 0. The lowest BCUT2D eigenvalue weighted by molar-refractivity contribution is 0.611. The van der Waals surface area contributed by atoms with Gasteiger partial charge >= 0.3 is 0 Å². The van der Waals surface area contributed by atoms with E-state index in [1.54, 1.807) is 0 Å². The topological polar surface area (TPSA) is 26.0 Å². The molecule has 0 heterocycles. The number of hydrogen-bond acceptors (Lipinski definition) is 1. The molecule has 2 N–H and O–H groups in total. The second-order valence-electron chi connectivity index (χ2n) is 3.26. The van der Waals surface area contributed by atoms with Gasteiger partial charge < -0.3 is 5.73 Å². The normalized spacial score (nSPS) is 11.2. The lowest BCUT2D eigenvalue weighted by atomic mass is 10.1. The number of rotatable bonds is 8. The Morgan fingerprint density at radius 2 is 1.58 bits per heavy atom. The number of nitrogens with two attached hydrogens (primary N) is 1. The first-order chi connectivity index (χ1) is 5.91. The van der Waals surface area contributed by atoms with Crippen molar-refractivity contribution in [3.63, 3.8) is 0 Å². The molecular formula is C11H23N. The predicted molar refractivity (Wildman–Crippen MR) is 56.2 cm³/mol. The van der Waals surface area contributed by atoms with Crippen molar-refractivity contribution in [1.82, 2.24) is 0 Å². The molecule has 0 radical (unpaired) electrons. The van der Waals surface area contributed by atoms with Gasteiger partial charge in [0.1, 0.15) is 0 Å². The zero-order valence-corrected chi connectivity index (χ0v) is 8.39. The van der Waals surface area contributed by atoms with Gasteiger partial charge in [-0.3, -0.25) is 0 Å². The van der Waals surface area contributed by atoms with Crippen LogP contribution < -0.4 is 5.73 Å². The zero-order valence-electron chi connectivity index (χ0n) is 8.39. The van der Waals surface area contributed by atoms with Crippen LogP contribution in [0.25, 0.3) is 0 Å². The van der Waals surface area contributed by atoms with Crippen molar-refractivity contribution < 1.29 is 0 Å². The van der Waals surface area contributed by atoms with Gasteiger partial charge in [0.25, 0.3) is 0 Å². The lowest BCUT2D eigenvalue weighted by Crippen LogP contribution is -1.91. The van der Waals surface area contributed by atoms with Crippen LogP contribution >= 0.6 is 0 Å². The molecule has 72 valence electrons. The Balaban J connectivity index is 2.86. The molecule has 0 unspecified atom stereocenters. The fourth-order valence-corrected chi connectivity index (χ4v) is 1.26. The summed E-state index contributed by atoms with van der Waals surface area (Å²) in [6, 6.07) is 0. The SMILES string of the molecule is CCCCCCCCC=CCN. The maximum absolute atomic E-state index is 5.32. The van der Waals surface area contributed by atoms with Crippen molar-refractivity contribution in [3.05, 3.63) is 12.2 Å². The zero-order chi connectivity index (χ0) is 9.07. The van der Waals surface area contributed by atoms with Crippen LogP contribution in [0.4, 0.5) is 0 Å². The van der Waals surface area contributed by atoms with E-state index in [9.17, 15) is 0 Å². The molecule has 0 amide bonds. The maximum atomic E-state index is 5.32. The quantitative estimate of drug-likeness (QED) is 0.438. The standard InChI is InChI=1S/C11H23N/c1-2-3-4-5-6-7-8-9-10-11-12/h9-10H,2-8,11-12H2,1H3. The van der Waals surface area contributed by atoms with Gasteiger partial charge in [-0.15, -0.1) is 0 Å². The van der Waals surface area contributed by atoms with Gasteiger partial charge in [-0.25, -0.2) is 0 Å². The Kier molecular flexibility index (Phi) is 10.4. The molecule has 0 spiro atoms. The third kappa shape index (κ3) is 9.70. The number of unbranched alkanes of at least 4 members (excludes halogenated alkanes) is 6. The average molecular weight is 169 g/mol. The summed E-state index contributed by atoms with van der Waals surface area (Å²) in [4.78, 5) is 0. The smallest absolute Gasteiger partial charge is 0.0106 e. The van der Waals surface area contributed by atoms with E-state index in [0.29, 0.717) is 6.54 Å². The summed E-state index contributed by atoms with van der Waals surface area (Å²) in [6.07, 6.45) is 13.7. The molecule has 1 nitrogen and oxygen atoms in total. The van der Waals surface area contributed by atoms with Crippen LogP contribution in [0, 0.1) is 0 Å². The highest BCUT2D eigenvalue weighted by Gasteiger charge is 1.87. The van der Waals surface area contributed by atoms with Crippen LogP contribution in [0.5, 0.6) is 0 Å². The molecule has 0 aliphatic rings. The number of allylic oxidation sites excluding steroid dienone is 1. The van der Waals surface area contributed by atoms with Gasteiger partial charge in [0, 0.05) is 6.54 Å². The van der Waals surface area contributed by atoms with Crippen LogP contribution in [0.2, 0.25) is 0 Å². The molecule has 0 bridgehead atoms. The molecule has 0 aromatic rings. The van der Waals surface area contributed by atoms with E-state index < -0.39 is 0 Å². The van der Waals surface area contributed by atoms with Crippen molar-refractivity contribution in [2.24, 2.45) is 5.73 Å². The molecule has 0 aliphatic heterocycles. The van der Waals surface area contributed by atoms with E-state index in [4.69, 9.17) is 5.73 Å². The summed E-state index contributed by atoms with van der Waals surface area (Å²) >= 11 is 0. The second kappa shape index (κ2) is 10.7. The highest BCUT2D eigenvalue weighted by molar-refractivity contribution is 4.81. The minimum absolute atomic E-state index is 0.690. The van der Waals surface area contributed by atoms with E-state index in [1.807, 2.05) is 6.08 Å². The fourth-order valence-electron chi connectivity index (χ4n) is 1.26. The van der Waals surface area contributed by atoms with Crippen LogP contribution in [-0.2, 0) is 0 Å². The summed E-state index contributed by atoms with van der Waals surface area (Å²) in [5.41, 5.74) is 5.32. The molecular weight excluding hydrogens is 146 g/mol. The van der Waals surface area contributed by atoms with Gasteiger partial charge in [-0.05, 0) is 12.8 Å². The molecule has 0 aromatic heterocycles. The largest absolute Gasteiger partial charge is 0.327 e. The first-order valence-corrected chi connectivity index (χ1v) is 5.27. The highest BCUT2D eigenvalue weighted by Crippen LogP contribution is 2.06. The molecule has 12 heavy (non-hydrogen) atoms. The van der Waals surface area contributed by atoms with Crippen molar-refractivity contribution in [3.8, 4) is 0 Å².